The van der Waals surface area contributed by atoms with Crippen LogP contribution in [0.1, 0.15) is 0 Å². The Morgan fingerprint density at radius 2 is 0.922 bits per heavy atom. The molecule has 0 spiro atoms. The molecule has 0 radical (unpaired) electrons. The van der Waals surface area contributed by atoms with Gasteiger partial charge in [-0.05, 0) is 92.3 Å². The Labute approximate surface area is 373 Å². The number of rotatable bonds is 6. The number of hydrogen-bond acceptors (Lipinski definition) is 4. The molecule has 0 atom stereocenters. The molecule has 3 aromatic heterocycles. The van der Waals surface area contributed by atoms with Crippen LogP contribution in [0.3, 0.4) is 0 Å². The predicted octanol–water partition coefficient (Wildman–Crippen LogP) is 16.0. The average molecular weight is 833 g/mol. The Morgan fingerprint density at radius 1 is 0.312 bits per heavy atom. The molecule has 13 aromatic rings. The quantitative estimate of drug-likeness (QED) is 0.157. The molecule has 4 nitrogen and oxygen atoms in total. The molecule has 298 valence electrons. The van der Waals surface area contributed by atoms with E-state index in [9.17, 15) is 0 Å². The monoisotopic (exact) mass is 832 g/mol. The van der Waals surface area contributed by atoms with E-state index < -0.39 is 0 Å². The van der Waals surface area contributed by atoms with Crippen LogP contribution in [-0.2, 0) is 0 Å². The first kappa shape index (κ1) is 36.4. The van der Waals surface area contributed by atoms with Crippen LogP contribution in [0.15, 0.2) is 218 Å². The summed E-state index contributed by atoms with van der Waals surface area (Å²) in [6.45, 7) is 0. The van der Waals surface area contributed by atoms with E-state index in [1.165, 1.54) is 58.9 Å². The summed E-state index contributed by atoms with van der Waals surface area (Å²) in [6.07, 6.45) is 0. The van der Waals surface area contributed by atoms with Crippen LogP contribution in [0.25, 0.3) is 126 Å². The van der Waals surface area contributed by atoms with E-state index in [0.717, 1.165) is 49.2 Å². The van der Waals surface area contributed by atoms with Gasteiger partial charge in [0.2, 0.25) is 0 Å². The molecule has 0 saturated heterocycles. The van der Waals surface area contributed by atoms with Crippen molar-refractivity contribution >= 4 is 74.9 Å². The summed E-state index contributed by atoms with van der Waals surface area (Å²) in [5, 5.41) is 9.68. The van der Waals surface area contributed by atoms with Gasteiger partial charge in [0.05, 0.1) is 11.0 Å². The molecule has 0 fully saturated rings. The number of benzene rings is 10. The Bertz CT molecular complexity index is 3960. The van der Waals surface area contributed by atoms with E-state index in [1.54, 1.807) is 11.3 Å². The molecule has 0 unspecified atom stereocenters. The number of nitrogens with zero attached hydrogens (tertiary/aromatic N) is 4. The molecule has 0 aliphatic heterocycles. The molecule has 13 rings (SSSR count). The number of aromatic nitrogens is 4. The van der Waals surface area contributed by atoms with E-state index in [-0.39, 0.29) is 0 Å². The standard InChI is InChI=1S/C59H36N4S/c1-3-16-37(17-4-1)39-30-31-48-47-24-11-13-28-53(47)63(54(48)36-39)43-33-41(52-35-40-20-7-8-21-44(40)45-22-9-10-23-46(45)52)32-42(34-43)58-60-57(38-18-5-2-6-19-38)61-59(62-58)51-27-15-26-50-49-25-12-14-29-55(49)64-56(50)51/h1-36H. The van der Waals surface area contributed by atoms with Crippen molar-refractivity contribution < 1.29 is 0 Å². The third-order valence-electron chi connectivity index (χ3n) is 12.6. The smallest absolute Gasteiger partial charge is 0.165 e. The summed E-state index contributed by atoms with van der Waals surface area (Å²) < 4.78 is 4.83. The van der Waals surface area contributed by atoms with E-state index in [2.05, 4.69) is 205 Å². The van der Waals surface area contributed by atoms with E-state index in [4.69, 9.17) is 15.0 Å². The van der Waals surface area contributed by atoms with E-state index >= 15 is 0 Å². The van der Waals surface area contributed by atoms with Gasteiger partial charge < -0.3 is 4.57 Å². The van der Waals surface area contributed by atoms with Crippen LogP contribution in [0.2, 0.25) is 0 Å². The van der Waals surface area contributed by atoms with Crippen LogP contribution in [0.5, 0.6) is 0 Å². The second-order valence-corrected chi connectivity index (χ2v) is 17.4. The van der Waals surface area contributed by atoms with Gasteiger partial charge in [-0.15, -0.1) is 11.3 Å². The molecule has 0 amide bonds. The largest absolute Gasteiger partial charge is 0.309 e. The summed E-state index contributed by atoms with van der Waals surface area (Å²) in [6, 6.07) is 78.3. The first-order chi connectivity index (χ1) is 31.7. The van der Waals surface area contributed by atoms with Crippen molar-refractivity contribution in [1.29, 1.82) is 0 Å². The summed E-state index contributed by atoms with van der Waals surface area (Å²) >= 11 is 1.79. The molecule has 0 aliphatic rings. The van der Waals surface area contributed by atoms with Gasteiger partial charge in [-0.3, -0.25) is 0 Å². The minimum atomic E-state index is 0.612. The predicted molar refractivity (Wildman–Crippen MR) is 269 cm³/mol. The first-order valence-corrected chi connectivity index (χ1v) is 22.4. The lowest BCUT2D eigenvalue weighted by molar-refractivity contribution is 1.07. The second kappa shape index (κ2) is 14.7. The number of thiophene rings is 1. The molecular weight excluding hydrogens is 797 g/mol. The van der Waals surface area contributed by atoms with Gasteiger partial charge in [-0.2, -0.15) is 0 Å². The van der Waals surface area contributed by atoms with Gasteiger partial charge in [0.15, 0.2) is 17.5 Å². The maximum Gasteiger partial charge on any atom is 0.165 e. The van der Waals surface area contributed by atoms with E-state index in [1.807, 2.05) is 18.2 Å². The summed E-state index contributed by atoms with van der Waals surface area (Å²) in [4.78, 5) is 16.0. The Balaban J connectivity index is 1.12. The molecule has 0 aliphatic carbocycles. The lowest BCUT2D eigenvalue weighted by Crippen LogP contribution is -2.02. The third kappa shape index (κ3) is 5.93. The van der Waals surface area contributed by atoms with Crippen molar-refractivity contribution in [2.45, 2.75) is 0 Å². The fourth-order valence-corrected chi connectivity index (χ4v) is 10.9. The number of fused-ring (bicyclic) bond motifs is 9. The van der Waals surface area contributed by atoms with Crippen LogP contribution in [-0.4, -0.2) is 19.5 Å². The molecule has 3 heterocycles. The number of para-hydroxylation sites is 1. The highest BCUT2D eigenvalue weighted by atomic mass is 32.1. The fourth-order valence-electron chi connectivity index (χ4n) is 9.64. The molecule has 64 heavy (non-hydrogen) atoms. The average Bonchev–Trinajstić information content (AvgIpc) is 3.92. The topological polar surface area (TPSA) is 43.6 Å². The highest BCUT2D eigenvalue weighted by Gasteiger charge is 2.21. The lowest BCUT2D eigenvalue weighted by Gasteiger charge is -2.16. The maximum absolute atomic E-state index is 5.44. The van der Waals surface area contributed by atoms with Gasteiger partial charge in [0.1, 0.15) is 0 Å². The second-order valence-electron chi connectivity index (χ2n) is 16.4. The Kier molecular flexibility index (Phi) is 8.36. The minimum absolute atomic E-state index is 0.612. The van der Waals surface area contributed by atoms with Crippen molar-refractivity contribution in [2.75, 3.05) is 0 Å². The van der Waals surface area contributed by atoms with E-state index in [0.29, 0.717) is 17.5 Å². The molecule has 10 aromatic carbocycles. The zero-order valence-corrected chi connectivity index (χ0v) is 35.3. The molecule has 0 bridgehead atoms. The molecular formula is C59H36N4S. The van der Waals surface area contributed by atoms with Crippen LogP contribution < -0.4 is 0 Å². The minimum Gasteiger partial charge on any atom is -0.309 e. The van der Waals surface area contributed by atoms with Crippen molar-refractivity contribution in [1.82, 2.24) is 19.5 Å². The lowest BCUT2D eigenvalue weighted by atomic mass is 9.92. The molecule has 0 N–H and O–H groups in total. The van der Waals surface area contributed by atoms with Crippen molar-refractivity contribution in [3.05, 3.63) is 218 Å². The highest BCUT2D eigenvalue weighted by molar-refractivity contribution is 7.26. The van der Waals surface area contributed by atoms with Crippen molar-refractivity contribution in [3.8, 4) is 62.1 Å². The summed E-state index contributed by atoms with van der Waals surface area (Å²) in [7, 11) is 0. The molecule has 0 saturated carbocycles. The van der Waals surface area contributed by atoms with Crippen molar-refractivity contribution in [2.24, 2.45) is 0 Å². The van der Waals surface area contributed by atoms with Gasteiger partial charge >= 0.3 is 0 Å². The van der Waals surface area contributed by atoms with Gasteiger partial charge in [-0.1, -0.05) is 170 Å². The van der Waals surface area contributed by atoms with Gasteiger partial charge in [0.25, 0.3) is 0 Å². The Hall–Kier alpha value is -8.25. The maximum atomic E-state index is 5.44. The summed E-state index contributed by atoms with van der Waals surface area (Å²) in [5.74, 6) is 1.89. The SMILES string of the molecule is c1ccc(-c2ccc3c4ccccc4n(-c4cc(-c5nc(-c6ccccc6)nc(-c6cccc7c6sc6ccccc67)n5)cc(-c5cc6ccccc6c6ccccc56)c4)c3c2)cc1. The number of hydrogen-bond donors (Lipinski definition) is 0. The zero-order valence-electron chi connectivity index (χ0n) is 34.5. The first-order valence-electron chi connectivity index (χ1n) is 21.6. The van der Waals surface area contributed by atoms with Crippen molar-refractivity contribution in [3.63, 3.8) is 0 Å². The van der Waals surface area contributed by atoms with Gasteiger partial charge in [-0.25, -0.2) is 15.0 Å². The van der Waals surface area contributed by atoms with Crippen LogP contribution in [0, 0.1) is 0 Å². The molecule has 5 heteroatoms. The van der Waals surface area contributed by atoms with Gasteiger partial charge in [0, 0.05) is 53.3 Å². The fraction of sp³-hybridized carbons (Fsp3) is 0. The normalized spacial score (nSPS) is 11.8. The van der Waals surface area contributed by atoms with Crippen LogP contribution in [0.4, 0.5) is 0 Å². The highest BCUT2D eigenvalue weighted by Crippen LogP contribution is 2.43. The summed E-state index contributed by atoms with van der Waals surface area (Å²) in [5.41, 5.74) is 10.7. The zero-order chi connectivity index (χ0) is 42.1. The Morgan fingerprint density at radius 3 is 1.75 bits per heavy atom. The van der Waals surface area contributed by atoms with Crippen LogP contribution >= 0.6 is 11.3 Å². The third-order valence-corrected chi connectivity index (χ3v) is 13.8.